The van der Waals surface area contributed by atoms with Crippen molar-refractivity contribution in [3.05, 3.63) is 53.7 Å². The van der Waals surface area contributed by atoms with Gasteiger partial charge in [-0.05, 0) is 49.1 Å². The van der Waals surface area contributed by atoms with E-state index in [4.69, 9.17) is 4.74 Å². The zero-order valence-corrected chi connectivity index (χ0v) is 16.4. The van der Waals surface area contributed by atoms with E-state index in [-0.39, 0.29) is 23.0 Å². The van der Waals surface area contributed by atoms with E-state index < -0.39 is 24.3 Å². The Morgan fingerprint density at radius 3 is 2.80 bits per heavy atom. The Hall–Kier alpha value is -3.10. The second kappa shape index (κ2) is 9.15. The smallest absolute Gasteiger partial charge is 0.416 e. The molecule has 1 atom stereocenters. The first-order chi connectivity index (χ1) is 14.2. The fourth-order valence-electron chi connectivity index (χ4n) is 3.29. The maximum absolute atomic E-state index is 12.9. The Bertz CT molecular complexity index is 918. The van der Waals surface area contributed by atoms with Crippen molar-refractivity contribution in [3.63, 3.8) is 0 Å². The molecular formula is C21H22F3N3O3. The lowest BCUT2D eigenvalue weighted by atomic mass is 10.0. The minimum Gasteiger partial charge on any atom is -0.452 e. The molecule has 1 fully saturated rings. The highest BCUT2D eigenvalue weighted by Crippen LogP contribution is 2.31. The van der Waals surface area contributed by atoms with E-state index in [1.807, 2.05) is 0 Å². The lowest BCUT2D eigenvalue weighted by molar-refractivity contribution is -0.137. The SMILES string of the molecule is CC1CCCN(C(=O)COC(=O)c2cccnc2Nc2cccc(C(F)(F)F)c2)C1. The molecule has 0 saturated carbocycles. The molecule has 6 nitrogen and oxygen atoms in total. The average Bonchev–Trinajstić information content (AvgIpc) is 2.72. The predicted octanol–water partition coefficient (Wildman–Crippen LogP) is 4.26. The summed E-state index contributed by atoms with van der Waals surface area (Å²) < 4.78 is 43.9. The summed E-state index contributed by atoms with van der Waals surface area (Å²) in [5.74, 6) is -0.608. The van der Waals surface area contributed by atoms with Crippen molar-refractivity contribution in [2.75, 3.05) is 25.0 Å². The number of carbonyl (C=O) groups is 2. The van der Waals surface area contributed by atoms with Gasteiger partial charge < -0.3 is 15.0 Å². The van der Waals surface area contributed by atoms with Crippen molar-refractivity contribution < 1.29 is 27.5 Å². The molecule has 9 heteroatoms. The summed E-state index contributed by atoms with van der Waals surface area (Å²) in [5.41, 5.74) is -0.681. The summed E-state index contributed by atoms with van der Waals surface area (Å²) >= 11 is 0. The Kier molecular flexibility index (Phi) is 6.59. The highest BCUT2D eigenvalue weighted by atomic mass is 19.4. The molecule has 1 unspecified atom stereocenters. The number of aromatic nitrogens is 1. The number of benzene rings is 1. The zero-order valence-electron chi connectivity index (χ0n) is 16.4. The van der Waals surface area contributed by atoms with Crippen LogP contribution >= 0.6 is 0 Å². The van der Waals surface area contributed by atoms with Crippen LogP contribution in [0.1, 0.15) is 35.7 Å². The number of hydrogen-bond acceptors (Lipinski definition) is 5. The first-order valence-electron chi connectivity index (χ1n) is 9.58. The van der Waals surface area contributed by atoms with E-state index in [1.165, 1.54) is 30.5 Å². The number of anilines is 2. The summed E-state index contributed by atoms with van der Waals surface area (Å²) in [5, 5.41) is 2.72. The van der Waals surface area contributed by atoms with Crippen LogP contribution in [0.5, 0.6) is 0 Å². The van der Waals surface area contributed by atoms with Crippen molar-refractivity contribution in [1.29, 1.82) is 0 Å². The van der Waals surface area contributed by atoms with Gasteiger partial charge in [-0.15, -0.1) is 0 Å². The van der Waals surface area contributed by atoms with Crippen molar-refractivity contribution in [1.82, 2.24) is 9.88 Å². The molecule has 1 aliphatic heterocycles. The van der Waals surface area contributed by atoms with Gasteiger partial charge in [0.15, 0.2) is 6.61 Å². The van der Waals surface area contributed by atoms with Gasteiger partial charge in [0.2, 0.25) is 0 Å². The second-order valence-corrected chi connectivity index (χ2v) is 7.27. The quantitative estimate of drug-likeness (QED) is 0.731. The maximum atomic E-state index is 12.9. The molecule has 0 aliphatic carbocycles. The van der Waals surface area contributed by atoms with E-state index >= 15 is 0 Å². The van der Waals surface area contributed by atoms with Crippen LogP contribution in [0.15, 0.2) is 42.6 Å². The lowest BCUT2D eigenvalue weighted by Gasteiger charge is -2.30. The monoisotopic (exact) mass is 421 g/mol. The highest BCUT2D eigenvalue weighted by Gasteiger charge is 2.30. The normalized spacial score (nSPS) is 16.8. The van der Waals surface area contributed by atoms with Crippen molar-refractivity contribution in [2.24, 2.45) is 5.92 Å². The number of esters is 1. The number of nitrogens with one attached hydrogen (secondary N) is 1. The van der Waals surface area contributed by atoms with E-state index in [0.29, 0.717) is 19.0 Å². The Labute approximate surface area is 172 Å². The molecule has 0 spiro atoms. The number of carbonyl (C=O) groups excluding carboxylic acids is 2. The molecule has 1 aromatic carbocycles. The summed E-state index contributed by atoms with van der Waals surface area (Å²) in [7, 11) is 0. The largest absolute Gasteiger partial charge is 0.452 e. The fourth-order valence-corrected chi connectivity index (χ4v) is 3.29. The van der Waals surface area contributed by atoms with Crippen molar-refractivity contribution >= 4 is 23.4 Å². The van der Waals surface area contributed by atoms with E-state index in [1.54, 1.807) is 4.90 Å². The number of hydrogen-bond donors (Lipinski definition) is 1. The number of amides is 1. The number of rotatable bonds is 5. The Morgan fingerprint density at radius 1 is 1.27 bits per heavy atom. The third kappa shape index (κ3) is 5.49. The summed E-state index contributed by atoms with van der Waals surface area (Å²) in [6.45, 7) is 2.93. The zero-order chi connectivity index (χ0) is 21.7. The van der Waals surface area contributed by atoms with Crippen LogP contribution in [0.4, 0.5) is 24.7 Å². The molecule has 0 bridgehead atoms. The number of likely N-dealkylation sites (tertiary alicyclic amines) is 1. The number of alkyl halides is 3. The fraction of sp³-hybridized carbons (Fsp3) is 0.381. The minimum absolute atomic E-state index is 0.0229. The van der Waals surface area contributed by atoms with E-state index in [9.17, 15) is 22.8 Å². The molecule has 160 valence electrons. The molecule has 1 N–H and O–H groups in total. The molecule has 2 heterocycles. The minimum atomic E-state index is -4.49. The molecular weight excluding hydrogens is 399 g/mol. The first kappa shape index (κ1) is 21.6. The van der Waals surface area contributed by atoms with Crippen LogP contribution in [-0.4, -0.2) is 41.5 Å². The van der Waals surface area contributed by atoms with Gasteiger partial charge in [0.25, 0.3) is 5.91 Å². The summed E-state index contributed by atoms with van der Waals surface area (Å²) in [4.78, 5) is 30.5. The molecule has 0 radical (unpaired) electrons. The van der Waals surface area contributed by atoms with Gasteiger partial charge in [0.05, 0.1) is 5.56 Å². The Morgan fingerprint density at radius 2 is 2.07 bits per heavy atom. The van der Waals surface area contributed by atoms with Crippen LogP contribution in [0.25, 0.3) is 0 Å². The number of halogens is 3. The van der Waals surface area contributed by atoms with Crippen LogP contribution in [0.2, 0.25) is 0 Å². The molecule has 1 amide bonds. The first-order valence-corrected chi connectivity index (χ1v) is 9.58. The lowest BCUT2D eigenvalue weighted by Crippen LogP contribution is -2.41. The summed E-state index contributed by atoms with van der Waals surface area (Å²) in [6.07, 6.45) is -1.12. The van der Waals surface area contributed by atoms with Crippen LogP contribution in [-0.2, 0) is 15.7 Å². The van der Waals surface area contributed by atoms with Gasteiger partial charge in [-0.2, -0.15) is 13.2 Å². The van der Waals surface area contributed by atoms with Crippen LogP contribution < -0.4 is 5.32 Å². The van der Waals surface area contributed by atoms with Crippen molar-refractivity contribution in [2.45, 2.75) is 25.9 Å². The van der Waals surface area contributed by atoms with Gasteiger partial charge in [0, 0.05) is 25.0 Å². The second-order valence-electron chi connectivity index (χ2n) is 7.27. The molecule has 1 aliphatic rings. The maximum Gasteiger partial charge on any atom is 0.416 e. The molecule has 2 aromatic rings. The predicted molar refractivity (Wildman–Crippen MR) is 104 cm³/mol. The third-order valence-electron chi connectivity index (χ3n) is 4.82. The number of pyridine rings is 1. The van der Waals surface area contributed by atoms with E-state index in [0.717, 1.165) is 25.0 Å². The molecule has 1 saturated heterocycles. The molecule has 1 aromatic heterocycles. The molecule has 3 rings (SSSR count). The van der Waals surface area contributed by atoms with E-state index in [2.05, 4.69) is 17.2 Å². The van der Waals surface area contributed by atoms with Crippen LogP contribution in [0.3, 0.4) is 0 Å². The van der Waals surface area contributed by atoms with Crippen molar-refractivity contribution in [3.8, 4) is 0 Å². The third-order valence-corrected chi connectivity index (χ3v) is 4.82. The number of ether oxygens (including phenoxy) is 1. The van der Waals surface area contributed by atoms with Gasteiger partial charge >= 0.3 is 12.1 Å². The van der Waals surface area contributed by atoms with Gasteiger partial charge in [-0.1, -0.05) is 13.0 Å². The summed E-state index contributed by atoms with van der Waals surface area (Å²) in [6, 6.07) is 7.49. The standard InChI is InChI=1S/C21H22F3N3O3/c1-14-5-4-10-27(12-14)18(28)13-30-20(29)17-8-3-9-25-19(17)26-16-7-2-6-15(11-16)21(22,23)24/h2-3,6-9,11,14H,4-5,10,12-13H2,1H3,(H,25,26). The van der Waals surface area contributed by atoms with Gasteiger partial charge in [0.1, 0.15) is 11.4 Å². The van der Waals surface area contributed by atoms with Gasteiger partial charge in [-0.3, -0.25) is 4.79 Å². The van der Waals surface area contributed by atoms with Gasteiger partial charge in [-0.25, -0.2) is 9.78 Å². The van der Waals surface area contributed by atoms with Crippen LogP contribution in [0, 0.1) is 5.92 Å². The molecule has 30 heavy (non-hydrogen) atoms. The number of piperidine rings is 1. The number of nitrogens with zero attached hydrogens (tertiary/aromatic N) is 2. The topological polar surface area (TPSA) is 71.5 Å². The highest BCUT2D eigenvalue weighted by molar-refractivity contribution is 5.96. The Balaban J connectivity index is 1.67. The average molecular weight is 421 g/mol.